The highest BCUT2D eigenvalue weighted by Gasteiger charge is 2.09. The number of rotatable bonds is 5. The van der Waals surface area contributed by atoms with Gasteiger partial charge < -0.3 is 9.84 Å². The van der Waals surface area contributed by atoms with Crippen molar-refractivity contribution < 1.29 is 14.6 Å². The molecule has 1 rings (SSSR count). The molecule has 0 aliphatic rings. The van der Waals surface area contributed by atoms with Gasteiger partial charge in [0.05, 0.1) is 15.6 Å². The molecule has 0 heterocycles. The molecule has 3 nitrogen and oxygen atoms in total. The van der Waals surface area contributed by atoms with Gasteiger partial charge in [0.15, 0.2) is 0 Å². The van der Waals surface area contributed by atoms with Gasteiger partial charge in [0, 0.05) is 16.5 Å². The number of carboxylic acids is 1. The highest BCUT2D eigenvalue weighted by molar-refractivity contribution is 9.11. The number of carboxylic acid groups (broad SMARTS) is 1. The maximum absolute atomic E-state index is 10.5. The van der Waals surface area contributed by atoms with Crippen LogP contribution in [-0.4, -0.2) is 17.7 Å². The maximum Gasteiger partial charge on any atom is 0.331 e. The van der Waals surface area contributed by atoms with Crippen molar-refractivity contribution >= 4 is 53.8 Å². The molecule has 0 saturated carbocycles. The Morgan fingerprint density at radius 2 is 1.82 bits per heavy atom. The number of carbonyl (C=O) groups is 1. The monoisotopic (exact) mass is 426 g/mol. The van der Waals surface area contributed by atoms with Gasteiger partial charge in [-0.2, -0.15) is 0 Å². The zero-order valence-corrected chi connectivity index (χ0v) is 13.4. The molecule has 17 heavy (non-hydrogen) atoms. The first-order valence-corrected chi connectivity index (χ1v) is 6.98. The van der Waals surface area contributed by atoms with Crippen LogP contribution in [0, 0.1) is 0 Å². The summed E-state index contributed by atoms with van der Waals surface area (Å²) in [5, 5.41) is 8.64. The fraction of sp³-hybridized carbons (Fsp3) is 0.182. The molecule has 0 atom stereocenters. The third-order valence-electron chi connectivity index (χ3n) is 1.92. The molecule has 6 heteroatoms. The van der Waals surface area contributed by atoms with Crippen LogP contribution in [0.4, 0.5) is 0 Å². The Labute approximate surface area is 124 Å². The largest absolute Gasteiger partial charge is 0.491 e. The fourth-order valence-electron chi connectivity index (χ4n) is 1.05. The minimum Gasteiger partial charge on any atom is -0.491 e. The molecule has 0 aliphatic carbocycles. The number of hydrogen-bond acceptors (Lipinski definition) is 2. The zero-order chi connectivity index (χ0) is 13.0. The van der Waals surface area contributed by atoms with Crippen molar-refractivity contribution in [2.75, 3.05) is 6.61 Å². The minimum absolute atomic E-state index is 0.134. The summed E-state index contributed by atoms with van der Waals surface area (Å²) in [6, 6.07) is 3.71. The Morgan fingerprint density at radius 1 is 1.29 bits per heavy atom. The van der Waals surface area contributed by atoms with E-state index in [0.29, 0.717) is 5.75 Å². The van der Waals surface area contributed by atoms with Crippen molar-refractivity contribution in [3.05, 3.63) is 37.7 Å². The van der Waals surface area contributed by atoms with Gasteiger partial charge in [0.25, 0.3) is 0 Å². The van der Waals surface area contributed by atoms with Crippen molar-refractivity contribution in [3.63, 3.8) is 0 Å². The first-order chi connectivity index (χ1) is 7.91. The summed E-state index contributed by atoms with van der Waals surface area (Å²) in [6.07, 6.45) is 0.282. The molecular formula is C11H9Br3O3. The Hall–Kier alpha value is -0.330. The van der Waals surface area contributed by atoms with E-state index in [9.17, 15) is 4.79 Å². The van der Waals surface area contributed by atoms with E-state index in [1.54, 1.807) is 0 Å². The van der Waals surface area contributed by atoms with Gasteiger partial charge in [-0.05, 0) is 44.0 Å². The quantitative estimate of drug-likeness (QED) is 0.708. The van der Waals surface area contributed by atoms with Crippen molar-refractivity contribution in [1.82, 2.24) is 0 Å². The second-order valence-corrected chi connectivity index (χ2v) is 5.83. The van der Waals surface area contributed by atoms with Gasteiger partial charge >= 0.3 is 5.97 Å². The molecule has 0 spiro atoms. The number of aliphatic carboxylic acids is 1. The van der Waals surface area contributed by atoms with E-state index >= 15 is 0 Å². The first-order valence-electron chi connectivity index (χ1n) is 4.60. The minimum atomic E-state index is -0.998. The Morgan fingerprint density at radius 3 is 2.29 bits per heavy atom. The lowest BCUT2D eigenvalue weighted by Gasteiger charge is -2.10. The predicted molar refractivity (Wildman–Crippen MR) is 76.4 cm³/mol. The molecule has 0 fully saturated rings. The molecule has 0 aromatic heterocycles. The van der Waals surface area contributed by atoms with Gasteiger partial charge in [-0.3, -0.25) is 0 Å². The maximum atomic E-state index is 10.5. The van der Waals surface area contributed by atoms with Crippen molar-refractivity contribution in [3.8, 4) is 5.75 Å². The molecular weight excluding hydrogens is 420 g/mol. The normalized spacial score (nSPS) is 10.1. The van der Waals surface area contributed by atoms with Crippen LogP contribution in [-0.2, 0) is 4.79 Å². The van der Waals surface area contributed by atoms with Crippen LogP contribution in [0.1, 0.15) is 6.42 Å². The van der Waals surface area contributed by atoms with Crippen LogP contribution in [0.3, 0.4) is 0 Å². The third kappa shape index (κ3) is 4.44. The number of hydrogen-bond donors (Lipinski definition) is 1. The summed E-state index contributed by atoms with van der Waals surface area (Å²) < 4.78 is 8.00. The summed E-state index contributed by atoms with van der Waals surface area (Å²) in [6.45, 7) is 3.70. The summed E-state index contributed by atoms with van der Waals surface area (Å²) >= 11 is 10.1. The molecule has 0 radical (unpaired) electrons. The number of halogens is 3. The standard InChI is InChI=1S/C11H9Br3O3/c1-6(11(15)16)2-3-17-10-8(13)4-7(12)5-9(10)14/h4-5H,1-3H2,(H,15,16). The molecule has 0 unspecified atom stereocenters. The second kappa shape index (κ2) is 6.56. The number of ether oxygens (including phenoxy) is 1. The van der Waals surface area contributed by atoms with Crippen LogP contribution in [0.25, 0.3) is 0 Å². The Kier molecular flexibility index (Phi) is 5.69. The molecule has 92 valence electrons. The van der Waals surface area contributed by atoms with Gasteiger partial charge in [-0.25, -0.2) is 4.79 Å². The summed E-state index contributed by atoms with van der Waals surface area (Å²) in [5.74, 6) is -0.353. The van der Waals surface area contributed by atoms with E-state index in [0.717, 1.165) is 13.4 Å². The average Bonchev–Trinajstić information content (AvgIpc) is 2.21. The molecule has 0 aliphatic heterocycles. The van der Waals surface area contributed by atoms with E-state index in [1.165, 1.54) is 0 Å². The lowest BCUT2D eigenvalue weighted by atomic mass is 10.2. The molecule has 1 aromatic rings. The van der Waals surface area contributed by atoms with E-state index in [2.05, 4.69) is 54.4 Å². The van der Waals surface area contributed by atoms with Crippen LogP contribution in [0.2, 0.25) is 0 Å². The van der Waals surface area contributed by atoms with Gasteiger partial charge in [-0.1, -0.05) is 22.5 Å². The molecule has 1 aromatic carbocycles. The molecule has 0 saturated heterocycles. The topological polar surface area (TPSA) is 46.5 Å². The smallest absolute Gasteiger partial charge is 0.331 e. The van der Waals surface area contributed by atoms with Gasteiger partial charge in [-0.15, -0.1) is 0 Å². The highest BCUT2D eigenvalue weighted by atomic mass is 79.9. The SMILES string of the molecule is C=C(CCOc1c(Br)cc(Br)cc1Br)C(=O)O. The second-order valence-electron chi connectivity index (χ2n) is 3.21. The fourth-order valence-corrected chi connectivity index (χ4v) is 3.54. The summed E-state index contributed by atoms with van der Waals surface area (Å²) in [7, 11) is 0. The van der Waals surface area contributed by atoms with Gasteiger partial charge in [0.2, 0.25) is 0 Å². The van der Waals surface area contributed by atoms with Gasteiger partial charge in [0.1, 0.15) is 5.75 Å². The number of benzene rings is 1. The highest BCUT2D eigenvalue weighted by Crippen LogP contribution is 2.36. The molecule has 0 amide bonds. The average molecular weight is 429 g/mol. The van der Waals surface area contributed by atoms with Crippen molar-refractivity contribution in [1.29, 1.82) is 0 Å². The summed E-state index contributed by atoms with van der Waals surface area (Å²) in [5.41, 5.74) is 0.134. The zero-order valence-electron chi connectivity index (χ0n) is 8.67. The Bertz CT molecular complexity index is 434. The Balaban J connectivity index is 2.64. The molecule has 0 bridgehead atoms. The first kappa shape index (κ1) is 14.7. The molecule has 1 N–H and O–H groups in total. The van der Waals surface area contributed by atoms with Crippen LogP contribution >= 0.6 is 47.8 Å². The van der Waals surface area contributed by atoms with Crippen molar-refractivity contribution in [2.24, 2.45) is 0 Å². The van der Waals surface area contributed by atoms with E-state index < -0.39 is 5.97 Å². The van der Waals surface area contributed by atoms with Crippen molar-refractivity contribution in [2.45, 2.75) is 6.42 Å². The lowest BCUT2D eigenvalue weighted by Crippen LogP contribution is -2.05. The van der Waals surface area contributed by atoms with Crippen LogP contribution in [0.15, 0.2) is 37.7 Å². The predicted octanol–water partition coefficient (Wildman–Crippen LogP) is 4.38. The summed E-state index contributed by atoms with van der Waals surface area (Å²) in [4.78, 5) is 10.5. The van der Waals surface area contributed by atoms with E-state index in [4.69, 9.17) is 9.84 Å². The third-order valence-corrected chi connectivity index (χ3v) is 3.55. The van der Waals surface area contributed by atoms with E-state index in [-0.39, 0.29) is 18.6 Å². The van der Waals surface area contributed by atoms with E-state index in [1.807, 2.05) is 12.1 Å². The van der Waals surface area contributed by atoms with Crippen LogP contribution in [0.5, 0.6) is 5.75 Å². The van der Waals surface area contributed by atoms with Crippen LogP contribution < -0.4 is 4.74 Å². The lowest BCUT2D eigenvalue weighted by molar-refractivity contribution is -0.132.